The maximum atomic E-state index is 13.2. The van der Waals surface area contributed by atoms with Crippen molar-refractivity contribution in [2.45, 2.75) is 6.54 Å². The molecule has 1 aliphatic heterocycles. The summed E-state index contributed by atoms with van der Waals surface area (Å²) < 4.78 is 26.5. The van der Waals surface area contributed by atoms with Gasteiger partial charge in [0.05, 0.1) is 11.0 Å². The number of benzene rings is 2. The molecule has 0 bridgehead atoms. The molecular weight excluding hydrogens is 297 g/mol. The SMILES string of the molecule is NCCn1c(-c2ccc(F)cc2)nc2cc3c(cc21)OCCO3. The molecular formula is C17H16FN3O2. The van der Waals surface area contributed by atoms with E-state index in [2.05, 4.69) is 4.98 Å². The molecule has 0 fully saturated rings. The van der Waals surface area contributed by atoms with Crippen molar-refractivity contribution in [3.8, 4) is 22.9 Å². The van der Waals surface area contributed by atoms with Gasteiger partial charge in [-0.15, -0.1) is 0 Å². The number of ether oxygens (including phenoxy) is 2. The van der Waals surface area contributed by atoms with E-state index in [1.165, 1.54) is 12.1 Å². The van der Waals surface area contributed by atoms with Crippen LogP contribution >= 0.6 is 0 Å². The zero-order valence-corrected chi connectivity index (χ0v) is 12.5. The molecule has 2 N–H and O–H groups in total. The molecule has 0 saturated heterocycles. The molecule has 0 atom stereocenters. The van der Waals surface area contributed by atoms with Gasteiger partial charge in [0.2, 0.25) is 0 Å². The van der Waals surface area contributed by atoms with Crippen molar-refractivity contribution in [2.75, 3.05) is 19.8 Å². The average molecular weight is 313 g/mol. The van der Waals surface area contributed by atoms with E-state index in [4.69, 9.17) is 15.2 Å². The van der Waals surface area contributed by atoms with E-state index in [0.717, 1.165) is 22.4 Å². The van der Waals surface area contributed by atoms with Gasteiger partial charge in [0.25, 0.3) is 0 Å². The number of nitrogens with two attached hydrogens (primary N) is 1. The highest BCUT2D eigenvalue weighted by atomic mass is 19.1. The number of hydrogen-bond acceptors (Lipinski definition) is 4. The van der Waals surface area contributed by atoms with Gasteiger partial charge < -0.3 is 19.8 Å². The number of halogens is 1. The predicted octanol–water partition coefficient (Wildman–Crippen LogP) is 2.57. The molecule has 0 saturated carbocycles. The quantitative estimate of drug-likeness (QED) is 0.807. The molecule has 6 heteroatoms. The van der Waals surface area contributed by atoms with Gasteiger partial charge in [-0.25, -0.2) is 9.37 Å². The van der Waals surface area contributed by atoms with Gasteiger partial charge in [0, 0.05) is 30.8 Å². The molecule has 0 unspecified atom stereocenters. The fraction of sp³-hybridized carbons (Fsp3) is 0.235. The second kappa shape index (κ2) is 5.55. The topological polar surface area (TPSA) is 62.3 Å². The van der Waals surface area contributed by atoms with Gasteiger partial charge in [-0.1, -0.05) is 0 Å². The highest BCUT2D eigenvalue weighted by Gasteiger charge is 2.18. The molecule has 23 heavy (non-hydrogen) atoms. The molecule has 3 aromatic rings. The maximum absolute atomic E-state index is 13.2. The van der Waals surface area contributed by atoms with Gasteiger partial charge in [-0.05, 0) is 24.3 Å². The van der Waals surface area contributed by atoms with Crippen molar-refractivity contribution < 1.29 is 13.9 Å². The fourth-order valence-electron chi connectivity index (χ4n) is 2.84. The molecule has 1 aromatic heterocycles. The summed E-state index contributed by atoms with van der Waals surface area (Å²) in [7, 11) is 0. The van der Waals surface area contributed by atoms with Crippen LogP contribution in [0.25, 0.3) is 22.4 Å². The number of hydrogen-bond donors (Lipinski definition) is 1. The Morgan fingerprint density at radius 3 is 2.48 bits per heavy atom. The van der Waals surface area contributed by atoms with E-state index in [1.54, 1.807) is 12.1 Å². The van der Waals surface area contributed by atoms with Crippen molar-refractivity contribution in [3.63, 3.8) is 0 Å². The maximum Gasteiger partial charge on any atom is 0.163 e. The summed E-state index contributed by atoms with van der Waals surface area (Å²) in [5.41, 5.74) is 8.34. The van der Waals surface area contributed by atoms with E-state index in [9.17, 15) is 4.39 Å². The normalized spacial score (nSPS) is 13.5. The van der Waals surface area contributed by atoms with Crippen molar-refractivity contribution >= 4 is 11.0 Å². The van der Waals surface area contributed by atoms with Crippen LogP contribution in [0.1, 0.15) is 0 Å². The number of fused-ring (bicyclic) bond motifs is 2. The van der Waals surface area contributed by atoms with Crippen molar-refractivity contribution in [2.24, 2.45) is 5.73 Å². The molecule has 1 aliphatic rings. The van der Waals surface area contributed by atoms with E-state index < -0.39 is 0 Å². The van der Waals surface area contributed by atoms with E-state index in [0.29, 0.717) is 37.8 Å². The van der Waals surface area contributed by atoms with Crippen molar-refractivity contribution in [3.05, 3.63) is 42.2 Å². The largest absolute Gasteiger partial charge is 0.486 e. The number of nitrogens with zero attached hydrogens (tertiary/aromatic N) is 2. The number of aromatic nitrogens is 2. The van der Waals surface area contributed by atoms with Crippen LogP contribution in [0.4, 0.5) is 4.39 Å². The minimum Gasteiger partial charge on any atom is -0.486 e. The molecule has 118 valence electrons. The summed E-state index contributed by atoms with van der Waals surface area (Å²) in [5, 5.41) is 0. The summed E-state index contributed by atoms with van der Waals surface area (Å²) in [6.07, 6.45) is 0. The van der Waals surface area contributed by atoms with Crippen LogP contribution in [0.3, 0.4) is 0 Å². The highest BCUT2D eigenvalue weighted by molar-refractivity contribution is 5.84. The van der Waals surface area contributed by atoms with Gasteiger partial charge in [0.15, 0.2) is 11.5 Å². The van der Waals surface area contributed by atoms with Gasteiger partial charge in [0.1, 0.15) is 24.9 Å². The second-order valence-corrected chi connectivity index (χ2v) is 5.37. The van der Waals surface area contributed by atoms with Crippen LogP contribution < -0.4 is 15.2 Å². The van der Waals surface area contributed by atoms with Gasteiger partial charge in [-0.2, -0.15) is 0 Å². The molecule has 0 amide bonds. The van der Waals surface area contributed by atoms with E-state index in [-0.39, 0.29) is 5.82 Å². The summed E-state index contributed by atoms with van der Waals surface area (Å²) in [6.45, 7) is 2.16. The molecule has 0 radical (unpaired) electrons. The highest BCUT2D eigenvalue weighted by Crippen LogP contribution is 2.36. The van der Waals surface area contributed by atoms with E-state index >= 15 is 0 Å². The van der Waals surface area contributed by atoms with Crippen LogP contribution in [0.2, 0.25) is 0 Å². The van der Waals surface area contributed by atoms with Crippen LogP contribution in [0, 0.1) is 5.82 Å². The van der Waals surface area contributed by atoms with Crippen molar-refractivity contribution in [1.82, 2.24) is 9.55 Å². The van der Waals surface area contributed by atoms with Crippen LogP contribution in [-0.4, -0.2) is 29.3 Å². The minimum atomic E-state index is -0.271. The first-order valence-corrected chi connectivity index (χ1v) is 7.52. The number of rotatable bonds is 3. The Hall–Kier alpha value is -2.60. The third kappa shape index (κ3) is 2.41. The Labute approximate surface area is 132 Å². The summed E-state index contributed by atoms with van der Waals surface area (Å²) in [5.74, 6) is 1.90. The lowest BCUT2D eigenvalue weighted by molar-refractivity contribution is 0.172. The molecule has 2 aromatic carbocycles. The summed E-state index contributed by atoms with van der Waals surface area (Å²) in [4.78, 5) is 4.69. The lowest BCUT2D eigenvalue weighted by Gasteiger charge is -2.18. The first kappa shape index (κ1) is 14.0. The Bertz CT molecular complexity index is 858. The Kier molecular flexibility index (Phi) is 3.38. The van der Waals surface area contributed by atoms with Gasteiger partial charge in [-0.3, -0.25) is 0 Å². The Morgan fingerprint density at radius 1 is 1.09 bits per heavy atom. The average Bonchev–Trinajstić information content (AvgIpc) is 2.92. The lowest BCUT2D eigenvalue weighted by Crippen LogP contribution is -2.15. The first-order valence-electron chi connectivity index (χ1n) is 7.52. The molecule has 0 spiro atoms. The van der Waals surface area contributed by atoms with Crippen molar-refractivity contribution in [1.29, 1.82) is 0 Å². The zero-order chi connectivity index (χ0) is 15.8. The van der Waals surface area contributed by atoms with Crippen LogP contribution in [-0.2, 0) is 6.54 Å². The number of imidazole rings is 1. The zero-order valence-electron chi connectivity index (χ0n) is 12.5. The molecule has 0 aliphatic carbocycles. The van der Waals surface area contributed by atoms with Crippen LogP contribution in [0.5, 0.6) is 11.5 Å². The molecule has 5 nitrogen and oxygen atoms in total. The molecule has 4 rings (SSSR count). The molecule has 2 heterocycles. The van der Waals surface area contributed by atoms with Gasteiger partial charge >= 0.3 is 0 Å². The summed E-state index contributed by atoms with van der Waals surface area (Å²) >= 11 is 0. The minimum absolute atomic E-state index is 0.271. The standard InChI is InChI=1S/C17H16FN3O2/c18-12-3-1-11(2-4-12)17-20-13-9-15-16(23-8-7-22-15)10-14(13)21(17)6-5-19/h1-4,9-10H,5-8,19H2. The fourth-order valence-corrected chi connectivity index (χ4v) is 2.84. The third-order valence-electron chi connectivity index (χ3n) is 3.87. The Morgan fingerprint density at radius 2 is 1.78 bits per heavy atom. The Balaban J connectivity index is 1.92. The lowest BCUT2D eigenvalue weighted by atomic mass is 10.2. The second-order valence-electron chi connectivity index (χ2n) is 5.37. The van der Waals surface area contributed by atoms with E-state index in [1.807, 2.05) is 16.7 Å². The van der Waals surface area contributed by atoms with Crippen LogP contribution in [0.15, 0.2) is 36.4 Å². The smallest absolute Gasteiger partial charge is 0.163 e. The third-order valence-corrected chi connectivity index (χ3v) is 3.87. The monoisotopic (exact) mass is 313 g/mol. The first-order chi connectivity index (χ1) is 11.3. The summed E-state index contributed by atoms with van der Waals surface area (Å²) in [6, 6.07) is 10.1. The predicted molar refractivity (Wildman–Crippen MR) is 85.2 cm³/mol.